The Labute approximate surface area is 152 Å². The van der Waals surface area contributed by atoms with Crippen molar-refractivity contribution in [1.82, 2.24) is 18.8 Å². The molecule has 0 fully saturated rings. The number of halogens is 2. The quantitative estimate of drug-likeness (QED) is 0.833. The Hall–Kier alpha value is -1.84. The maximum Gasteiger partial charge on any atom is 0.279 e. The minimum absolute atomic E-state index is 0.288. The second kappa shape index (κ2) is 7.42. The number of nitrogens with zero attached hydrogens (tertiary/aromatic N) is 3. The number of benzene rings is 1. The molecule has 1 N–H and O–H groups in total. The van der Waals surface area contributed by atoms with Gasteiger partial charge in [0.1, 0.15) is 11.6 Å². The lowest BCUT2D eigenvalue weighted by Gasteiger charge is -2.27. The van der Waals surface area contributed by atoms with Gasteiger partial charge >= 0.3 is 0 Å². The second-order valence-corrected chi connectivity index (χ2v) is 7.94. The summed E-state index contributed by atoms with van der Waals surface area (Å²) < 4.78 is 57.7. The molecule has 0 unspecified atom stereocenters. The first kappa shape index (κ1) is 18.9. The van der Waals surface area contributed by atoms with Crippen molar-refractivity contribution in [1.29, 1.82) is 0 Å². The first-order chi connectivity index (χ1) is 12.4. The summed E-state index contributed by atoms with van der Waals surface area (Å²) in [6, 6.07) is 2.82. The third kappa shape index (κ3) is 3.65. The summed E-state index contributed by atoms with van der Waals surface area (Å²) in [6.45, 7) is 4.33. The van der Waals surface area contributed by atoms with Crippen molar-refractivity contribution in [2.45, 2.75) is 39.2 Å². The van der Waals surface area contributed by atoms with Gasteiger partial charge in [0.2, 0.25) is 0 Å². The second-order valence-electron chi connectivity index (χ2n) is 6.24. The molecule has 142 valence electrons. The first-order valence-electron chi connectivity index (χ1n) is 8.66. The molecule has 1 aromatic carbocycles. The van der Waals surface area contributed by atoms with Crippen LogP contribution in [0.5, 0.6) is 0 Å². The molecule has 0 amide bonds. The number of hydrogen-bond acceptors (Lipinski definition) is 3. The molecule has 0 aliphatic heterocycles. The van der Waals surface area contributed by atoms with E-state index in [0.29, 0.717) is 25.9 Å². The SMILES string of the molecule is CCN(CC)S(=O)(=O)N[C@@H]1CCCc2c1cnn2-c1cc(F)cc(F)c1. The molecule has 26 heavy (non-hydrogen) atoms. The van der Waals surface area contributed by atoms with E-state index in [2.05, 4.69) is 9.82 Å². The average molecular weight is 384 g/mol. The van der Waals surface area contributed by atoms with Crippen LogP contribution in [0.15, 0.2) is 24.4 Å². The van der Waals surface area contributed by atoms with E-state index in [0.717, 1.165) is 23.7 Å². The number of rotatable bonds is 6. The molecule has 0 saturated carbocycles. The normalized spacial score (nSPS) is 17.5. The monoisotopic (exact) mass is 384 g/mol. The molecule has 3 rings (SSSR count). The van der Waals surface area contributed by atoms with Crippen LogP contribution in [0.4, 0.5) is 8.78 Å². The summed E-state index contributed by atoms with van der Waals surface area (Å²) in [5, 5.41) is 4.25. The lowest BCUT2D eigenvalue weighted by Crippen LogP contribution is -2.42. The van der Waals surface area contributed by atoms with Crippen molar-refractivity contribution < 1.29 is 17.2 Å². The van der Waals surface area contributed by atoms with Gasteiger partial charge in [0, 0.05) is 30.4 Å². The molecule has 9 heteroatoms. The number of hydrogen-bond donors (Lipinski definition) is 1. The lowest BCUT2D eigenvalue weighted by molar-refractivity contribution is 0.416. The van der Waals surface area contributed by atoms with Crippen molar-refractivity contribution in [2.75, 3.05) is 13.1 Å². The maximum atomic E-state index is 13.5. The van der Waals surface area contributed by atoms with Crippen LogP contribution in [-0.2, 0) is 16.6 Å². The molecule has 6 nitrogen and oxygen atoms in total. The fourth-order valence-electron chi connectivity index (χ4n) is 3.38. The van der Waals surface area contributed by atoms with Gasteiger partial charge in [-0.25, -0.2) is 13.5 Å². The van der Waals surface area contributed by atoms with E-state index < -0.39 is 27.9 Å². The maximum absolute atomic E-state index is 13.5. The van der Waals surface area contributed by atoms with Crippen LogP contribution in [-0.4, -0.2) is 35.6 Å². The zero-order chi connectivity index (χ0) is 18.9. The molecule has 0 spiro atoms. The van der Waals surface area contributed by atoms with Gasteiger partial charge in [-0.1, -0.05) is 13.8 Å². The first-order valence-corrected chi connectivity index (χ1v) is 10.1. The van der Waals surface area contributed by atoms with Crippen LogP contribution in [0.25, 0.3) is 5.69 Å². The highest BCUT2D eigenvalue weighted by Gasteiger charge is 2.30. The number of nitrogens with one attached hydrogen (secondary N) is 1. The van der Waals surface area contributed by atoms with Gasteiger partial charge in [0.25, 0.3) is 10.2 Å². The Morgan fingerprint density at radius 1 is 1.23 bits per heavy atom. The van der Waals surface area contributed by atoms with E-state index in [9.17, 15) is 17.2 Å². The Morgan fingerprint density at radius 2 is 1.88 bits per heavy atom. The highest BCUT2D eigenvalue weighted by Crippen LogP contribution is 2.32. The van der Waals surface area contributed by atoms with Crippen molar-refractivity contribution >= 4 is 10.2 Å². The van der Waals surface area contributed by atoms with Crippen molar-refractivity contribution in [3.05, 3.63) is 47.3 Å². The van der Waals surface area contributed by atoms with E-state index in [4.69, 9.17) is 0 Å². The summed E-state index contributed by atoms with van der Waals surface area (Å²) in [5.41, 5.74) is 1.81. The molecule has 0 saturated heterocycles. The van der Waals surface area contributed by atoms with Crippen molar-refractivity contribution in [3.8, 4) is 5.69 Å². The number of fused-ring (bicyclic) bond motifs is 1. The Morgan fingerprint density at radius 3 is 2.50 bits per heavy atom. The van der Waals surface area contributed by atoms with Gasteiger partial charge < -0.3 is 0 Å². The van der Waals surface area contributed by atoms with E-state index in [1.54, 1.807) is 20.0 Å². The average Bonchev–Trinajstić information content (AvgIpc) is 2.99. The molecule has 1 atom stereocenters. The van der Waals surface area contributed by atoms with Crippen molar-refractivity contribution in [3.63, 3.8) is 0 Å². The van der Waals surface area contributed by atoms with E-state index >= 15 is 0 Å². The van der Waals surface area contributed by atoms with Crippen LogP contribution >= 0.6 is 0 Å². The van der Waals surface area contributed by atoms with E-state index in [-0.39, 0.29) is 5.69 Å². The minimum Gasteiger partial charge on any atom is -0.237 e. The molecule has 1 aliphatic rings. The van der Waals surface area contributed by atoms with Gasteiger partial charge in [-0.2, -0.15) is 22.5 Å². The predicted molar refractivity (Wildman–Crippen MR) is 94.1 cm³/mol. The van der Waals surface area contributed by atoms with Gasteiger partial charge in [0.15, 0.2) is 0 Å². The highest BCUT2D eigenvalue weighted by atomic mass is 32.2. The smallest absolute Gasteiger partial charge is 0.237 e. The predicted octanol–water partition coefficient (Wildman–Crippen LogP) is 2.70. The summed E-state index contributed by atoms with van der Waals surface area (Å²) in [6.07, 6.45) is 3.64. The molecular weight excluding hydrogens is 362 g/mol. The molecule has 1 aromatic heterocycles. The zero-order valence-corrected chi connectivity index (χ0v) is 15.6. The molecule has 2 aromatic rings. The van der Waals surface area contributed by atoms with Crippen LogP contribution in [0.1, 0.15) is 44.0 Å². The molecule has 1 aliphatic carbocycles. The van der Waals surface area contributed by atoms with E-state index in [1.807, 2.05) is 0 Å². The van der Waals surface area contributed by atoms with Crippen molar-refractivity contribution in [2.24, 2.45) is 0 Å². The van der Waals surface area contributed by atoms with E-state index in [1.165, 1.54) is 21.1 Å². The third-order valence-corrected chi connectivity index (χ3v) is 6.39. The Balaban J connectivity index is 1.94. The third-order valence-electron chi connectivity index (χ3n) is 4.61. The molecule has 0 radical (unpaired) electrons. The summed E-state index contributed by atoms with van der Waals surface area (Å²) in [4.78, 5) is 0. The summed E-state index contributed by atoms with van der Waals surface area (Å²) >= 11 is 0. The largest absolute Gasteiger partial charge is 0.279 e. The Kier molecular flexibility index (Phi) is 5.40. The fraction of sp³-hybridized carbons (Fsp3) is 0.471. The highest BCUT2D eigenvalue weighted by molar-refractivity contribution is 7.87. The topological polar surface area (TPSA) is 67.2 Å². The Bertz CT molecular complexity index is 874. The van der Waals surface area contributed by atoms with Gasteiger partial charge in [-0.15, -0.1) is 0 Å². The van der Waals surface area contributed by atoms with Gasteiger partial charge in [-0.3, -0.25) is 0 Å². The molecule has 1 heterocycles. The van der Waals surface area contributed by atoms with Crippen LogP contribution < -0.4 is 4.72 Å². The minimum atomic E-state index is -3.61. The van der Waals surface area contributed by atoms with Crippen LogP contribution in [0, 0.1) is 11.6 Å². The molecular formula is C17H22F2N4O2S. The number of aromatic nitrogens is 2. The van der Waals surface area contributed by atoms with Gasteiger partial charge in [0.05, 0.1) is 17.9 Å². The van der Waals surface area contributed by atoms with Crippen LogP contribution in [0.3, 0.4) is 0 Å². The lowest BCUT2D eigenvalue weighted by atomic mass is 9.94. The summed E-state index contributed by atoms with van der Waals surface area (Å²) in [5.74, 6) is -1.36. The standard InChI is InChI=1S/C17H22F2N4O2S/c1-3-22(4-2)26(24,25)21-16-6-5-7-17-15(16)11-20-23(17)14-9-12(18)8-13(19)10-14/h8-11,16,21H,3-7H2,1-2H3/t16-/m1/s1. The fourth-order valence-corrected chi connectivity index (χ4v) is 4.81. The van der Waals surface area contributed by atoms with Crippen LogP contribution in [0.2, 0.25) is 0 Å². The van der Waals surface area contributed by atoms with Gasteiger partial charge in [-0.05, 0) is 31.4 Å². The molecule has 0 bridgehead atoms. The summed E-state index contributed by atoms with van der Waals surface area (Å²) in [7, 11) is -3.61. The zero-order valence-electron chi connectivity index (χ0n) is 14.7.